The summed E-state index contributed by atoms with van der Waals surface area (Å²) in [5, 5.41) is 4.73. The number of hydrogen-bond acceptors (Lipinski definition) is 4. The molecule has 5 heteroatoms. The van der Waals surface area contributed by atoms with Gasteiger partial charge in [-0.1, -0.05) is 49.0 Å². The molecule has 0 aliphatic rings. The average Bonchev–Trinajstić information content (AvgIpc) is 2.81. The van der Waals surface area contributed by atoms with E-state index in [1.54, 1.807) is 0 Å². The molecule has 0 atom stereocenters. The Morgan fingerprint density at radius 1 is 1.35 bits per heavy atom. The second kappa shape index (κ2) is 5.62. The molecule has 3 nitrogen and oxygen atoms in total. The van der Waals surface area contributed by atoms with Crippen LogP contribution in [0.15, 0.2) is 18.2 Å². The first-order chi connectivity index (χ1) is 9.29. The summed E-state index contributed by atoms with van der Waals surface area (Å²) in [7, 11) is 0. The number of nitrogens with zero attached hydrogens (tertiary/aromatic N) is 2. The highest BCUT2D eigenvalue weighted by molar-refractivity contribution is 7.08. The van der Waals surface area contributed by atoms with Gasteiger partial charge in [0.1, 0.15) is 4.88 Å². The van der Waals surface area contributed by atoms with Crippen LogP contribution >= 0.6 is 23.1 Å². The van der Waals surface area contributed by atoms with E-state index in [1.165, 1.54) is 0 Å². The summed E-state index contributed by atoms with van der Waals surface area (Å²) in [4.78, 5) is 13.1. The van der Waals surface area contributed by atoms with Crippen molar-refractivity contribution < 1.29 is 4.79 Å². The van der Waals surface area contributed by atoms with E-state index in [2.05, 4.69) is 9.59 Å². The van der Waals surface area contributed by atoms with Crippen LogP contribution in [0.3, 0.4) is 0 Å². The van der Waals surface area contributed by atoms with Crippen LogP contribution in [0.4, 0.5) is 0 Å². The van der Waals surface area contributed by atoms with E-state index in [-0.39, 0.29) is 17.6 Å². The summed E-state index contributed by atoms with van der Waals surface area (Å²) in [6.45, 7) is 8.06. The fourth-order valence-electron chi connectivity index (χ4n) is 1.91. The zero-order valence-electron chi connectivity index (χ0n) is 12.0. The van der Waals surface area contributed by atoms with Crippen molar-refractivity contribution in [2.75, 3.05) is 0 Å². The van der Waals surface area contributed by atoms with Crippen molar-refractivity contribution in [1.29, 1.82) is 0 Å². The minimum absolute atomic E-state index is 0.0238. The summed E-state index contributed by atoms with van der Waals surface area (Å²) in [6.07, 6.45) is 0.284. The van der Waals surface area contributed by atoms with Gasteiger partial charge in [0.2, 0.25) is 0 Å². The Bertz CT molecular complexity index is 644. The van der Waals surface area contributed by atoms with Crippen molar-refractivity contribution in [3.63, 3.8) is 0 Å². The number of aromatic nitrogens is 2. The summed E-state index contributed by atoms with van der Waals surface area (Å²) in [6, 6.07) is 5.74. The van der Waals surface area contributed by atoms with Crippen LogP contribution < -0.4 is 0 Å². The maximum Gasteiger partial charge on any atom is 0.180 e. The zero-order chi connectivity index (χ0) is 14.9. The van der Waals surface area contributed by atoms with Crippen LogP contribution in [0.1, 0.15) is 47.3 Å². The van der Waals surface area contributed by atoms with E-state index in [9.17, 15) is 4.79 Å². The number of hydrogen-bond donors (Lipinski definition) is 0. The molecule has 1 aromatic heterocycles. The summed E-state index contributed by atoms with van der Waals surface area (Å²) in [5.41, 5.74) is 2.50. The minimum atomic E-state index is -0.185. The first kappa shape index (κ1) is 15.1. The van der Waals surface area contributed by atoms with Crippen molar-refractivity contribution in [2.24, 2.45) is 0 Å². The molecular formula is C15H17ClN2OS. The van der Waals surface area contributed by atoms with Crippen LogP contribution in [0, 0.1) is 6.92 Å². The molecule has 1 heterocycles. The number of halogens is 1. The van der Waals surface area contributed by atoms with Crippen LogP contribution in [0.5, 0.6) is 0 Å². The summed E-state index contributed by atoms with van der Waals surface area (Å²) >= 11 is 7.34. The van der Waals surface area contributed by atoms with Gasteiger partial charge in [-0.15, -0.1) is 5.10 Å². The molecule has 2 rings (SSSR count). The second-order valence-corrected chi connectivity index (χ2v) is 7.06. The highest BCUT2D eigenvalue weighted by Crippen LogP contribution is 2.28. The average molecular weight is 309 g/mol. The van der Waals surface area contributed by atoms with Crippen molar-refractivity contribution in [3.8, 4) is 0 Å². The third-order valence-corrected chi connectivity index (χ3v) is 4.13. The number of carbonyl (C=O) groups is 1. The van der Waals surface area contributed by atoms with E-state index in [4.69, 9.17) is 11.6 Å². The number of carbonyl (C=O) groups excluding carboxylic acids is 1. The van der Waals surface area contributed by atoms with Gasteiger partial charge in [0.15, 0.2) is 5.78 Å². The molecule has 0 radical (unpaired) electrons. The van der Waals surface area contributed by atoms with Gasteiger partial charge < -0.3 is 0 Å². The minimum Gasteiger partial charge on any atom is -0.293 e. The standard InChI is InChI=1S/C15H17ClN2OS/c1-9-5-6-10(11(16)7-9)8-12(19)13-14(15(2,3)4)17-18-20-13/h5-7H,8H2,1-4H3. The lowest BCUT2D eigenvalue weighted by Gasteiger charge is -2.16. The molecule has 0 N–H and O–H groups in total. The Balaban J connectivity index is 2.27. The van der Waals surface area contributed by atoms with Crippen molar-refractivity contribution >= 4 is 28.9 Å². The summed E-state index contributed by atoms with van der Waals surface area (Å²) < 4.78 is 3.93. The molecule has 106 valence electrons. The van der Waals surface area contributed by atoms with Crippen LogP contribution in [-0.4, -0.2) is 15.4 Å². The molecule has 2 aromatic rings. The summed E-state index contributed by atoms with van der Waals surface area (Å²) in [5.74, 6) is 0.0238. The van der Waals surface area contributed by atoms with Crippen LogP contribution in [0.2, 0.25) is 5.02 Å². The Labute approximate surface area is 128 Å². The Morgan fingerprint density at radius 3 is 2.65 bits per heavy atom. The van der Waals surface area contributed by atoms with Gasteiger partial charge in [-0.2, -0.15) is 0 Å². The molecule has 0 aliphatic heterocycles. The molecule has 0 unspecified atom stereocenters. The van der Waals surface area contributed by atoms with Gasteiger partial charge in [-0.05, 0) is 35.6 Å². The molecule has 20 heavy (non-hydrogen) atoms. The molecule has 0 saturated heterocycles. The van der Waals surface area contributed by atoms with Gasteiger partial charge >= 0.3 is 0 Å². The van der Waals surface area contributed by atoms with E-state index < -0.39 is 0 Å². The van der Waals surface area contributed by atoms with Crippen molar-refractivity contribution in [2.45, 2.75) is 39.5 Å². The molecule has 0 fully saturated rings. The fourth-order valence-corrected chi connectivity index (χ4v) is 3.03. The zero-order valence-corrected chi connectivity index (χ0v) is 13.6. The third-order valence-electron chi connectivity index (χ3n) is 3.01. The normalized spacial score (nSPS) is 11.7. The quantitative estimate of drug-likeness (QED) is 0.797. The molecule has 0 bridgehead atoms. The SMILES string of the molecule is Cc1ccc(CC(=O)c2snnc2C(C)(C)C)c(Cl)c1. The monoisotopic (exact) mass is 308 g/mol. The first-order valence-electron chi connectivity index (χ1n) is 6.40. The predicted octanol–water partition coefficient (Wildman–Crippen LogP) is 4.22. The lowest BCUT2D eigenvalue weighted by Crippen LogP contribution is -2.17. The molecule has 0 spiro atoms. The molecule has 0 saturated carbocycles. The number of ketones is 1. The molecule has 0 aliphatic carbocycles. The molecule has 1 aromatic carbocycles. The highest BCUT2D eigenvalue weighted by Gasteiger charge is 2.26. The van der Waals surface area contributed by atoms with E-state index >= 15 is 0 Å². The number of benzene rings is 1. The number of rotatable bonds is 3. The van der Waals surface area contributed by atoms with Crippen LogP contribution in [-0.2, 0) is 11.8 Å². The first-order valence-corrected chi connectivity index (χ1v) is 7.55. The maximum absolute atomic E-state index is 12.5. The Kier molecular flexibility index (Phi) is 4.25. The van der Waals surface area contributed by atoms with Crippen molar-refractivity contribution in [1.82, 2.24) is 9.59 Å². The second-order valence-electron chi connectivity index (χ2n) is 5.90. The van der Waals surface area contributed by atoms with Gasteiger partial charge in [-0.3, -0.25) is 4.79 Å². The topological polar surface area (TPSA) is 42.9 Å². The van der Waals surface area contributed by atoms with Crippen molar-refractivity contribution in [3.05, 3.63) is 44.9 Å². The third kappa shape index (κ3) is 3.25. The Hall–Kier alpha value is -1.26. The molecular weight excluding hydrogens is 292 g/mol. The highest BCUT2D eigenvalue weighted by atomic mass is 35.5. The lowest BCUT2D eigenvalue weighted by atomic mass is 9.90. The fraction of sp³-hybridized carbons (Fsp3) is 0.400. The van der Waals surface area contributed by atoms with Crippen LogP contribution in [0.25, 0.3) is 0 Å². The smallest absolute Gasteiger partial charge is 0.180 e. The van der Waals surface area contributed by atoms with E-state index in [1.807, 2.05) is 45.9 Å². The van der Waals surface area contributed by atoms with E-state index in [0.717, 1.165) is 28.4 Å². The van der Waals surface area contributed by atoms with Gasteiger partial charge in [0.25, 0.3) is 0 Å². The molecule has 0 amide bonds. The Morgan fingerprint density at radius 2 is 2.05 bits per heavy atom. The van der Waals surface area contributed by atoms with Gasteiger partial charge in [-0.25, -0.2) is 0 Å². The maximum atomic E-state index is 12.5. The number of aryl methyl sites for hydroxylation is 1. The van der Waals surface area contributed by atoms with Gasteiger partial charge in [0.05, 0.1) is 5.69 Å². The van der Waals surface area contributed by atoms with E-state index in [0.29, 0.717) is 9.90 Å². The predicted molar refractivity (Wildman–Crippen MR) is 82.8 cm³/mol. The van der Waals surface area contributed by atoms with Gasteiger partial charge in [0, 0.05) is 16.9 Å². The lowest BCUT2D eigenvalue weighted by molar-refractivity contribution is 0.0994. The number of Topliss-reactive ketones (excluding diaryl/α,β-unsaturated/α-hetero) is 1. The largest absolute Gasteiger partial charge is 0.293 e.